The summed E-state index contributed by atoms with van der Waals surface area (Å²) < 4.78 is 28.0. The smallest absolute Gasteiger partial charge is 0.351 e. The lowest BCUT2D eigenvalue weighted by Gasteiger charge is -2.37. The molecule has 10 heteroatoms. The van der Waals surface area contributed by atoms with Gasteiger partial charge in [-0.05, 0) is 53.1 Å². The third-order valence-corrected chi connectivity index (χ3v) is 8.21. The molecule has 6 rings (SSSR count). The number of anilines is 1. The predicted octanol–water partition coefficient (Wildman–Crippen LogP) is 5.08. The molecular formula is C31H30IN3O6. The van der Waals surface area contributed by atoms with Crippen molar-refractivity contribution < 1.29 is 24.2 Å². The van der Waals surface area contributed by atoms with Crippen LogP contribution in [0.1, 0.15) is 36.8 Å². The number of halogens is 1. The number of nitrogens with one attached hydrogen (secondary N) is 1. The first-order valence-electron chi connectivity index (χ1n) is 13.3. The highest BCUT2D eigenvalue weighted by Crippen LogP contribution is 2.45. The Kier molecular flexibility index (Phi) is 7.70. The topological polar surface area (TPSA) is 104 Å². The highest BCUT2D eigenvalue weighted by Gasteiger charge is 2.57. The molecule has 0 unspecified atom stereocenters. The summed E-state index contributed by atoms with van der Waals surface area (Å²) in [6.45, 7) is 3.82. The fourth-order valence-corrected chi connectivity index (χ4v) is 6.24. The molecule has 0 bridgehead atoms. The van der Waals surface area contributed by atoms with Gasteiger partial charge in [-0.2, -0.15) is 4.98 Å². The lowest BCUT2D eigenvalue weighted by molar-refractivity contribution is -0.205. The first-order chi connectivity index (χ1) is 19.8. The van der Waals surface area contributed by atoms with Crippen molar-refractivity contribution in [3.05, 3.63) is 128 Å². The van der Waals surface area contributed by atoms with E-state index in [1.54, 1.807) is 6.20 Å². The van der Waals surface area contributed by atoms with Crippen LogP contribution in [0.4, 0.5) is 5.82 Å². The average Bonchev–Trinajstić information content (AvgIpc) is 3.49. The molecule has 0 radical (unpaired) electrons. The number of rotatable bonds is 8. The molecule has 3 heterocycles. The SMILES string of the molecule is CC1(C)O[C@@H]2[C@H](O1)[C@@H](COC(c1ccccc1)(c1ccccc1)c1ccccc1)O[C@H]2n1cc(I)c(NO)nc1=O. The highest BCUT2D eigenvalue weighted by molar-refractivity contribution is 14.1. The molecule has 41 heavy (non-hydrogen) atoms. The van der Waals surface area contributed by atoms with Gasteiger partial charge in [0.2, 0.25) is 0 Å². The summed E-state index contributed by atoms with van der Waals surface area (Å²) in [5.41, 5.74) is 3.32. The standard InChI is InChI=1S/C31H30IN3O6/c1-30(2)40-25-24(39-28(26(25)41-30)35-18-23(32)27(34-37)33-29(35)36)19-38-31(20-12-6-3-7-13-20,21-14-8-4-9-15-21)22-16-10-5-11-17-22/h3-18,24-26,28,37H,19H2,1-2H3,(H,33,34,36)/t24-,25-,26-,28-/m1/s1. The van der Waals surface area contributed by atoms with E-state index in [0.717, 1.165) is 16.7 Å². The minimum absolute atomic E-state index is 0.0727. The van der Waals surface area contributed by atoms with Crippen molar-refractivity contribution in [3.63, 3.8) is 0 Å². The van der Waals surface area contributed by atoms with E-state index in [1.165, 1.54) is 4.57 Å². The van der Waals surface area contributed by atoms with E-state index in [4.69, 9.17) is 18.9 Å². The van der Waals surface area contributed by atoms with E-state index in [-0.39, 0.29) is 12.4 Å². The summed E-state index contributed by atoms with van der Waals surface area (Å²) >= 11 is 1.99. The van der Waals surface area contributed by atoms with Crippen molar-refractivity contribution in [1.29, 1.82) is 0 Å². The summed E-state index contributed by atoms with van der Waals surface area (Å²) in [5.74, 6) is -0.814. The van der Waals surface area contributed by atoms with Crippen LogP contribution in [0.3, 0.4) is 0 Å². The molecule has 0 saturated carbocycles. The molecule has 2 aliphatic rings. The minimum Gasteiger partial charge on any atom is -0.358 e. The van der Waals surface area contributed by atoms with Gasteiger partial charge < -0.3 is 18.9 Å². The number of fused-ring (bicyclic) bond motifs is 1. The van der Waals surface area contributed by atoms with Gasteiger partial charge >= 0.3 is 5.69 Å². The van der Waals surface area contributed by atoms with Crippen LogP contribution in [0.5, 0.6) is 0 Å². The monoisotopic (exact) mass is 667 g/mol. The summed E-state index contributed by atoms with van der Waals surface area (Å²) in [5, 5.41) is 9.33. The molecule has 4 atom stereocenters. The highest BCUT2D eigenvalue weighted by atomic mass is 127. The second-order valence-electron chi connectivity index (χ2n) is 10.5. The number of hydrogen-bond donors (Lipinski definition) is 2. The third-order valence-electron chi connectivity index (χ3n) is 7.42. The second-order valence-corrected chi connectivity index (χ2v) is 11.6. The Morgan fingerprint density at radius 1 is 0.927 bits per heavy atom. The molecule has 0 amide bonds. The number of aromatic nitrogens is 2. The Morgan fingerprint density at radius 3 is 1.95 bits per heavy atom. The van der Waals surface area contributed by atoms with Crippen molar-refractivity contribution in [2.75, 3.05) is 12.1 Å². The quantitative estimate of drug-likeness (QED) is 0.153. The van der Waals surface area contributed by atoms with Gasteiger partial charge in [0, 0.05) is 6.20 Å². The van der Waals surface area contributed by atoms with Crippen LogP contribution in [0.25, 0.3) is 0 Å². The Balaban J connectivity index is 1.40. The first-order valence-corrected chi connectivity index (χ1v) is 14.4. The Hall–Kier alpha value is -3.13. The molecule has 9 nitrogen and oxygen atoms in total. The Bertz CT molecular complexity index is 1450. The fraction of sp³-hybridized carbons (Fsp3) is 0.290. The zero-order valence-corrected chi connectivity index (χ0v) is 24.7. The molecule has 0 spiro atoms. The molecule has 2 fully saturated rings. The largest absolute Gasteiger partial charge is 0.358 e. The predicted molar refractivity (Wildman–Crippen MR) is 160 cm³/mol. The van der Waals surface area contributed by atoms with Crippen molar-refractivity contribution >= 4 is 28.4 Å². The molecule has 212 valence electrons. The maximum absolute atomic E-state index is 13.0. The number of ether oxygens (including phenoxy) is 4. The molecular weight excluding hydrogens is 637 g/mol. The van der Waals surface area contributed by atoms with E-state index in [9.17, 15) is 10.0 Å². The van der Waals surface area contributed by atoms with Crippen LogP contribution in [0.15, 0.2) is 102 Å². The van der Waals surface area contributed by atoms with Crippen LogP contribution in [0.2, 0.25) is 0 Å². The van der Waals surface area contributed by atoms with Crippen LogP contribution >= 0.6 is 22.6 Å². The summed E-state index contributed by atoms with van der Waals surface area (Å²) in [4.78, 5) is 16.9. The number of hydrogen-bond acceptors (Lipinski definition) is 8. The molecule has 1 aromatic heterocycles. The van der Waals surface area contributed by atoms with E-state index in [0.29, 0.717) is 3.57 Å². The zero-order chi connectivity index (χ0) is 28.6. The summed E-state index contributed by atoms with van der Waals surface area (Å²) in [6, 6.07) is 30.3. The fourth-order valence-electron chi connectivity index (χ4n) is 5.70. The van der Waals surface area contributed by atoms with Crippen LogP contribution < -0.4 is 11.2 Å². The lowest BCUT2D eigenvalue weighted by atomic mass is 9.80. The van der Waals surface area contributed by atoms with Gasteiger partial charge in [-0.25, -0.2) is 4.79 Å². The number of nitrogens with zero attached hydrogens (tertiary/aromatic N) is 2. The molecule has 2 aliphatic heterocycles. The van der Waals surface area contributed by atoms with E-state index >= 15 is 0 Å². The molecule has 4 aromatic rings. The zero-order valence-electron chi connectivity index (χ0n) is 22.5. The molecule has 3 aromatic carbocycles. The van der Waals surface area contributed by atoms with Crippen molar-refractivity contribution in [2.45, 2.75) is 49.8 Å². The van der Waals surface area contributed by atoms with Crippen LogP contribution in [-0.2, 0) is 24.5 Å². The van der Waals surface area contributed by atoms with E-state index in [1.807, 2.05) is 96.5 Å². The van der Waals surface area contributed by atoms with Crippen molar-refractivity contribution in [1.82, 2.24) is 9.55 Å². The van der Waals surface area contributed by atoms with Crippen LogP contribution in [-0.4, -0.2) is 45.5 Å². The average molecular weight is 668 g/mol. The van der Waals surface area contributed by atoms with Crippen molar-refractivity contribution in [2.24, 2.45) is 0 Å². The van der Waals surface area contributed by atoms with Crippen molar-refractivity contribution in [3.8, 4) is 0 Å². The normalized spacial score (nSPS) is 23.3. The van der Waals surface area contributed by atoms with Gasteiger partial charge in [-0.15, -0.1) is 0 Å². The maximum atomic E-state index is 13.0. The maximum Gasteiger partial charge on any atom is 0.351 e. The number of benzene rings is 3. The Morgan fingerprint density at radius 2 is 1.44 bits per heavy atom. The van der Waals surface area contributed by atoms with Gasteiger partial charge in [0.1, 0.15) is 23.9 Å². The molecule has 2 N–H and O–H groups in total. The molecule has 0 aliphatic carbocycles. The van der Waals surface area contributed by atoms with E-state index < -0.39 is 41.6 Å². The second kappa shape index (κ2) is 11.3. The minimum atomic E-state index is -0.947. The summed E-state index contributed by atoms with van der Waals surface area (Å²) in [6.07, 6.45) is -0.883. The van der Waals surface area contributed by atoms with Crippen LogP contribution in [0, 0.1) is 3.57 Å². The molecule has 2 saturated heterocycles. The third kappa shape index (κ3) is 5.20. The first kappa shape index (κ1) is 28.0. The van der Waals surface area contributed by atoms with E-state index in [2.05, 4.69) is 41.4 Å². The van der Waals surface area contributed by atoms with Gasteiger partial charge in [-0.1, -0.05) is 91.0 Å². The lowest BCUT2D eigenvalue weighted by Crippen LogP contribution is -2.39. The Labute approximate surface area is 251 Å². The van der Waals surface area contributed by atoms with Gasteiger partial charge in [0.15, 0.2) is 17.8 Å². The summed E-state index contributed by atoms with van der Waals surface area (Å²) in [7, 11) is 0. The van der Waals surface area contributed by atoms with Gasteiger partial charge in [-0.3, -0.25) is 15.3 Å². The van der Waals surface area contributed by atoms with Gasteiger partial charge in [0.25, 0.3) is 0 Å². The van der Waals surface area contributed by atoms with Gasteiger partial charge in [0.05, 0.1) is 10.2 Å².